The second-order valence-corrected chi connectivity index (χ2v) is 7.82. The maximum absolute atomic E-state index is 13.2. The summed E-state index contributed by atoms with van der Waals surface area (Å²) in [4.78, 5) is 42.1. The van der Waals surface area contributed by atoms with Gasteiger partial charge in [-0.25, -0.2) is 4.39 Å². The molecule has 0 spiro atoms. The Morgan fingerprint density at radius 2 is 1.66 bits per heavy atom. The summed E-state index contributed by atoms with van der Waals surface area (Å²) < 4.78 is 13.2. The van der Waals surface area contributed by atoms with Gasteiger partial charge in [-0.15, -0.1) is 0 Å². The molecule has 3 rings (SSSR count). The summed E-state index contributed by atoms with van der Waals surface area (Å²) in [6.45, 7) is 3.45. The van der Waals surface area contributed by atoms with Gasteiger partial charge in [-0.05, 0) is 63.0 Å². The molecule has 0 aliphatic carbocycles. The summed E-state index contributed by atoms with van der Waals surface area (Å²) in [5.74, 6) is -0.750. The number of anilines is 1. The van der Waals surface area contributed by atoms with E-state index in [1.807, 2.05) is 9.80 Å². The van der Waals surface area contributed by atoms with Crippen LogP contribution in [0.4, 0.5) is 10.1 Å². The molecule has 1 aromatic rings. The number of carbonyl (C=O) groups excluding carboxylic acids is 3. The van der Waals surface area contributed by atoms with Crippen LogP contribution in [0.5, 0.6) is 0 Å². The second-order valence-electron chi connectivity index (χ2n) is 7.82. The fourth-order valence-electron chi connectivity index (χ4n) is 4.05. The minimum atomic E-state index is -0.494. The molecule has 3 amide bonds. The molecule has 0 atom stereocenters. The highest BCUT2D eigenvalue weighted by atomic mass is 19.1. The predicted octanol–water partition coefficient (Wildman–Crippen LogP) is 1.37. The van der Waals surface area contributed by atoms with Crippen LogP contribution in [-0.4, -0.2) is 66.8 Å². The lowest BCUT2D eigenvalue weighted by molar-refractivity contribution is -0.136. The van der Waals surface area contributed by atoms with Crippen molar-refractivity contribution in [3.8, 4) is 0 Å². The number of nitrogens with zero attached hydrogens (tertiary/aromatic N) is 3. The highest BCUT2D eigenvalue weighted by Gasteiger charge is 2.31. The molecule has 2 saturated heterocycles. The van der Waals surface area contributed by atoms with Crippen LogP contribution in [0.1, 0.15) is 32.1 Å². The maximum Gasteiger partial charge on any atom is 0.241 e. The van der Waals surface area contributed by atoms with E-state index >= 15 is 0 Å². The van der Waals surface area contributed by atoms with E-state index in [1.165, 1.54) is 29.2 Å². The maximum atomic E-state index is 13.2. The molecule has 158 valence electrons. The normalized spacial score (nSPS) is 18.0. The monoisotopic (exact) mass is 404 g/mol. The van der Waals surface area contributed by atoms with Crippen molar-refractivity contribution in [1.82, 2.24) is 9.80 Å². The Kier molecular flexibility index (Phi) is 7.19. The molecule has 8 heteroatoms. The number of halogens is 1. The molecule has 2 fully saturated rings. The Morgan fingerprint density at radius 3 is 2.24 bits per heavy atom. The van der Waals surface area contributed by atoms with Crippen LogP contribution in [0, 0.1) is 11.7 Å². The average Bonchev–Trinajstić information content (AvgIpc) is 3.24. The molecule has 2 aliphatic rings. The molecule has 0 aromatic heterocycles. The molecular weight excluding hydrogens is 375 g/mol. The fourth-order valence-corrected chi connectivity index (χ4v) is 4.05. The van der Waals surface area contributed by atoms with E-state index in [-0.39, 0.29) is 43.1 Å². The highest BCUT2D eigenvalue weighted by Crippen LogP contribution is 2.23. The summed E-state index contributed by atoms with van der Waals surface area (Å²) in [6, 6.07) is 5.62. The van der Waals surface area contributed by atoms with E-state index in [0.717, 1.165) is 38.8 Å². The van der Waals surface area contributed by atoms with Gasteiger partial charge in [0.1, 0.15) is 5.82 Å². The molecule has 2 aliphatic heterocycles. The lowest BCUT2D eigenvalue weighted by Gasteiger charge is -2.34. The van der Waals surface area contributed by atoms with E-state index in [4.69, 9.17) is 5.73 Å². The van der Waals surface area contributed by atoms with E-state index in [1.54, 1.807) is 0 Å². The van der Waals surface area contributed by atoms with Gasteiger partial charge in [-0.3, -0.25) is 19.3 Å². The molecule has 2 N–H and O–H groups in total. The Labute approximate surface area is 170 Å². The summed E-state index contributed by atoms with van der Waals surface area (Å²) in [5.41, 5.74) is 5.78. The van der Waals surface area contributed by atoms with Crippen molar-refractivity contribution in [2.24, 2.45) is 11.7 Å². The third kappa shape index (κ3) is 5.76. The van der Waals surface area contributed by atoms with Crippen molar-refractivity contribution in [1.29, 1.82) is 0 Å². The van der Waals surface area contributed by atoms with Gasteiger partial charge >= 0.3 is 0 Å². The number of primary amides is 1. The third-order valence-electron chi connectivity index (χ3n) is 5.73. The number of hydrogen-bond acceptors (Lipinski definition) is 4. The first-order chi connectivity index (χ1) is 13.9. The Balaban J connectivity index is 1.55. The first-order valence-electron chi connectivity index (χ1n) is 10.3. The lowest BCUT2D eigenvalue weighted by Crippen LogP contribution is -2.46. The SMILES string of the molecule is NC(=O)CCN(C(=O)CN1CCC(C(=O)N2CCCC2)CC1)c1ccc(F)cc1. The van der Waals surface area contributed by atoms with Gasteiger partial charge in [-0.1, -0.05) is 0 Å². The van der Waals surface area contributed by atoms with Crippen LogP contribution in [0.25, 0.3) is 0 Å². The molecule has 0 radical (unpaired) electrons. The molecule has 1 aromatic carbocycles. The quantitative estimate of drug-likeness (QED) is 0.744. The molecule has 2 heterocycles. The van der Waals surface area contributed by atoms with E-state index in [9.17, 15) is 18.8 Å². The highest BCUT2D eigenvalue weighted by molar-refractivity contribution is 5.95. The van der Waals surface area contributed by atoms with Crippen molar-refractivity contribution >= 4 is 23.4 Å². The van der Waals surface area contributed by atoms with Crippen LogP contribution in [0.3, 0.4) is 0 Å². The number of benzene rings is 1. The second kappa shape index (κ2) is 9.82. The number of hydrogen-bond donors (Lipinski definition) is 1. The van der Waals surface area contributed by atoms with E-state index in [2.05, 4.69) is 0 Å². The molecule has 0 unspecified atom stereocenters. The number of nitrogens with two attached hydrogens (primary N) is 1. The topological polar surface area (TPSA) is 87.0 Å². The molecule has 0 saturated carbocycles. The summed E-state index contributed by atoms with van der Waals surface area (Å²) in [7, 11) is 0. The predicted molar refractivity (Wildman–Crippen MR) is 108 cm³/mol. The van der Waals surface area contributed by atoms with Crippen LogP contribution in [0.2, 0.25) is 0 Å². The minimum absolute atomic E-state index is 0.0372. The zero-order valence-electron chi connectivity index (χ0n) is 16.7. The zero-order valence-corrected chi connectivity index (χ0v) is 16.7. The standard InChI is InChI=1S/C21H29FN4O3/c22-17-3-5-18(6-4-17)26(14-9-19(23)27)20(28)15-24-12-7-16(8-13-24)21(29)25-10-1-2-11-25/h3-6,16H,1-2,7-15H2,(H2,23,27). The zero-order chi connectivity index (χ0) is 20.8. The van der Waals surface area contributed by atoms with Crippen LogP contribution >= 0.6 is 0 Å². The van der Waals surface area contributed by atoms with Crippen molar-refractivity contribution in [2.45, 2.75) is 32.1 Å². The van der Waals surface area contributed by atoms with Gasteiger partial charge in [0, 0.05) is 37.7 Å². The van der Waals surface area contributed by atoms with E-state index in [0.29, 0.717) is 18.8 Å². The molecular formula is C21H29FN4O3. The van der Waals surface area contributed by atoms with Gasteiger partial charge < -0.3 is 15.5 Å². The first-order valence-corrected chi connectivity index (χ1v) is 10.3. The van der Waals surface area contributed by atoms with Crippen molar-refractivity contribution in [3.63, 3.8) is 0 Å². The van der Waals surface area contributed by atoms with Gasteiger partial charge in [0.15, 0.2) is 0 Å². The molecule has 0 bridgehead atoms. The Hall–Kier alpha value is -2.48. The minimum Gasteiger partial charge on any atom is -0.370 e. The fraction of sp³-hybridized carbons (Fsp3) is 0.571. The summed E-state index contributed by atoms with van der Waals surface area (Å²) in [6.07, 6.45) is 3.71. The number of likely N-dealkylation sites (tertiary alicyclic amines) is 2. The van der Waals surface area contributed by atoms with E-state index < -0.39 is 5.91 Å². The largest absolute Gasteiger partial charge is 0.370 e. The first kappa shape index (κ1) is 21.2. The Morgan fingerprint density at radius 1 is 1.03 bits per heavy atom. The van der Waals surface area contributed by atoms with Crippen molar-refractivity contribution in [3.05, 3.63) is 30.1 Å². The Bertz CT molecular complexity index is 726. The van der Waals surface area contributed by atoms with Gasteiger partial charge in [0.2, 0.25) is 17.7 Å². The van der Waals surface area contributed by atoms with Gasteiger partial charge in [0.25, 0.3) is 0 Å². The molecule has 29 heavy (non-hydrogen) atoms. The van der Waals surface area contributed by atoms with Crippen molar-refractivity contribution in [2.75, 3.05) is 44.2 Å². The number of piperidine rings is 1. The average molecular weight is 404 g/mol. The van der Waals surface area contributed by atoms with Gasteiger partial charge in [0.05, 0.1) is 6.54 Å². The number of amides is 3. The van der Waals surface area contributed by atoms with Crippen LogP contribution in [0.15, 0.2) is 24.3 Å². The number of rotatable bonds is 7. The van der Waals surface area contributed by atoms with Crippen molar-refractivity contribution < 1.29 is 18.8 Å². The summed E-state index contributed by atoms with van der Waals surface area (Å²) >= 11 is 0. The third-order valence-corrected chi connectivity index (χ3v) is 5.73. The van der Waals surface area contributed by atoms with Crippen LogP contribution in [-0.2, 0) is 14.4 Å². The smallest absolute Gasteiger partial charge is 0.241 e. The number of carbonyl (C=O) groups is 3. The molecule has 7 nitrogen and oxygen atoms in total. The van der Waals surface area contributed by atoms with Gasteiger partial charge in [-0.2, -0.15) is 0 Å². The van der Waals surface area contributed by atoms with Crippen LogP contribution < -0.4 is 10.6 Å². The lowest BCUT2D eigenvalue weighted by atomic mass is 9.95. The summed E-state index contributed by atoms with van der Waals surface area (Å²) in [5, 5.41) is 0.